The first-order valence-corrected chi connectivity index (χ1v) is 28.1. The van der Waals surface area contributed by atoms with E-state index in [1.807, 2.05) is 0 Å². The van der Waals surface area contributed by atoms with Crippen LogP contribution in [0.1, 0.15) is 161 Å². The Morgan fingerprint density at radius 3 is 0.628 bits per heavy atom. The Balaban J connectivity index is 0.00000228. The smallest absolute Gasteiger partial charge is 0.345 e. The summed E-state index contributed by atoms with van der Waals surface area (Å²) in [5.41, 5.74) is -0.515. The number of hydrogen-bond acceptors (Lipinski definition) is 30. The van der Waals surface area contributed by atoms with E-state index in [1.54, 1.807) is 0 Å². The molecule has 4 aromatic rings. The summed E-state index contributed by atoms with van der Waals surface area (Å²) in [6.07, 6.45) is -4.63. The van der Waals surface area contributed by atoms with Crippen LogP contribution in [-0.4, -0.2) is 191 Å². The van der Waals surface area contributed by atoms with E-state index < -0.39 is 121 Å². The van der Waals surface area contributed by atoms with Gasteiger partial charge in [-0.1, -0.05) is 0 Å². The summed E-state index contributed by atoms with van der Waals surface area (Å²) >= 11 is 0. The van der Waals surface area contributed by atoms with Gasteiger partial charge in [0.15, 0.2) is 0 Å². The number of benzene rings is 4. The van der Waals surface area contributed by atoms with Gasteiger partial charge in [0.2, 0.25) is 0 Å². The van der Waals surface area contributed by atoms with Gasteiger partial charge in [-0.05, 0) is 137 Å². The minimum atomic E-state index is -1.23. The van der Waals surface area contributed by atoms with Crippen molar-refractivity contribution in [3.63, 3.8) is 0 Å². The second-order valence-corrected chi connectivity index (χ2v) is 18.8. The lowest BCUT2D eigenvalue weighted by Gasteiger charge is -2.07. The van der Waals surface area contributed by atoms with Crippen LogP contribution >= 0.6 is 0 Å². The van der Waals surface area contributed by atoms with Crippen LogP contribution in [0.3, 0.4) is 0 Å². The number of rotatable bonds is 33. The Morgan fingerprint density at radius 2 is 0.457 bits per heavy atom. The van der Waals surface area contributed by atoms with Gasteiger partial charge < -0.3 is 78.0 Å². The molecule has 32 heteroatoms. The molecule has 94 heavy (non-hydrogen) atoms. The van der Waals surface area contributed by atoms with Gasteiger partial charge in [-0.3, -0.25) is 28.8 Å². The van der Waals surface area contributed by atoms with Crippen molar-refractivity contribution < 1.29 is 155 Å². The number of esters is 14. The second kappa shape index (κ2) is 44.0. The van der Waals surface area contributed by atoms with Crippen molar-refractivity contribution in [2.75, 3.05) is 52.9 Å². The summed E-state index contributed by atoms with van der Waals surface area (Å²) < 4.78 is 48.6. The lowest BCUT2D eigenvalue weighted by molar-refractivity contribution is -0.146. The van der Waals surface area contributed by atoms with Gasteiger partial charge in [0.1, 0.15) is 25.4 Å². The summed E-state index contributed by atoms with van der Waals surface area (Å²) in [5, 5.41) is 48.9. The molecular weight excluding hydrogens is 1260 g/mol. The number of aliphatic carboxylic acids is 2. The minimum Gasteiger partial charge on any atom is -0.479 e. The van der Waals surface area contributed by atoms with Crippen LogP contribution in [0.2, 0.25) is 0 Å². The van der Waals surface area contributed by atoms with Gasteiger partial charge in [0.25, 0.3) is 0 Å². The van der Waals surface area contributed by atoms with E-state index in [1.165, 1.54) is 62.4 Å². The highest BCUT2D eigenvalue weighted by molar-refractivity contribution is 6.03. The van der Waals surface area contributed by atoms with E-state index in [-0.39, 0.29) is 149 Å². The molecule has 0 amide bonds. The fraction of sp³-hybridized carbons (Fsp3) is 0.355. The molecule has 32 nitrogen and oxygen atoms in total. The number of carbonyl (C=O) groups excluding carboxylic acids is 14. The van der Waals surface area contributed by atoms with Crippen molar-refractivity contribution >= 4 is 95.5 Å². The van der Waals surface area contributed by atoms with Crippen LogP contribution in [0.25, 0.3) is 0 Å². The van der Waals surface area contributed by atoms with E-state index in [4.69, 9.17) is 78.0 Å². The van der Waals surface area contributed by atoms with Gasteiger partial charge in [-0.25, -0.2) is 47.9 Å². The van der Waals surface area contributed by atoms with Crippen LogP contribution in [0.5, 0.6) is 0 Å². The largest absolute Gasteiger partial charge is 0.479 e. The number of carboxylic acid groups (broad SMARTS) is 2. The van der Waals surface area contributed by atoms with Crippen molar-refractivity contribution in [2.45, 2.75) is 90.3 Å². The molecular formula is C62H66O32. The fourth-order valence-electron chi connectivity index (χ4n) is 6.42. The molecule has 0 aliphatic rings. The number of aliphatic hydroxyl groups is 4. The molecule has 0 aliphatic carbocycles. The molecule has 0 saturated carbocycles. The zero-order chi connectivity index (χ0) is 70.1. The lowest BCUT2D eigenvalue weighted by Crippen LogP contribution is -2.17. The normalized spacial score (nSPS) is 10.9. The first kappa shape index (κ1) is 79.5. The highest BCUT2D eigenvalue weighted by Gasteiger charge is 2.22. The Bertz CT molecular complexity index is 3040. The first-order valence-electron chi connectivity index (χ1n) is 28.1. The van der Waals surface area contributed by atoms with Gasteiger partial charge in [-0.2, -0.15) is 0 Å². The summed E-state index contributed by atoms with van der Waals surface area (Å²) in [6.45, 7) is 2.29. The van der Waals surface area contributed by atoms with Gasteiger partial charge in [-0.15, -0.1) is 0 Å². The van der Waals surface area contributed by atoms with Crippen LogP contribution in [0.15, 0.2) is 97.1 Å². The Labute approximate surface area is 533 Å². The molecule has 4 rings (SSSR count). The third-order valence-corrected chi connectivity index (χ3v) is 11.3. The minimum absolute atomic E-state index is 0.0198. The third-order valence-electron chi connectivity index (χ3n) is 11.3. The summed E-state index contributed by atoms with van der Waals surface area (Å²) in [4.78, 5) is 191. The van der Waals surface area contributed by atoms with E-state index in [9.17, 15) is 76.7 Å². The molecule has 6 N–H and O–H groups in total. The summed E-state index contributed by atoms with van der Waals surface area (Å²) in [5.74, 6) is -16.2. The maximum Gasteiger partial charge on any atom is 0.345 e. The van der Waals surface area contributed by atoms with Gasteiger partial charge in [0, 0.05) is 25.7 Å². The number of carbonyl (C=O) groups is 16. The Hall–Kier alpha value is -10.6. The molecule has 0 fully saturated rings. The van der Waals surface area contributed by atoms with Gasteiger partial charge >= 0.3 is 95.5 Å². The number of hydrogen-bond donors (Lipinski definition) is 6. The number of unbranched alkanes of at least 4 members (excludes halogenated alkanes) is 2. The fourth-order valence-corrected chi connectivity index (χ4v) is 6.42. The molecule has 0 saturated heterocycles. The highest BCUT2D eigenvalue weighted by atomic mass is 16.6. The predicted molar refractivity (Wildman–Crippen MR) is 309 cm³/mol. The molecule has 0 bridgehead atoms. The molecule has 0 radical (unpaired) electrons. The van der Waals surface area contributed by atoms with Crippen LogP contribution in [-0.2, 0) is 85.7 Å². The van der Waals surface area contributed by atoms with Crippen molar-refractivity contribution in [3.8, 4) is 0 Å². The van der Waals surface area contributed by atoms with Crippen LogP contribution < -0.4 is 0 Å². The van der Waals surface area contributed by atoms with Crippen LogP contribution in [0, 0.1) is 0 Å². The number of ether oxygens (including phenoxy) is 10. The molecule has 2 unspecified atom stereocenters. The molecule has 2 atom stereocenters. The molecule has 0 aliphatic heterocycles. The molecule has 0 spiro atoms. The number of carboxylic acids is 2. The third kappa shape index (κ3) is 32.9. The monoisotopic (exact) mass is 1320 g/mol. The van der Waals surface area contributed by atoms with E-state index in [2.05, 4.69) is 0 Å². The van der Waals surface area contributed by atoms with E-state index in [0.29, 0.717) is 0 Å². The quantitative estimate of drug-likeness (QED) is 0.0173. The Morgan fingerprint density at radius 1 is 0.287 bits per heavy atom. The lowest BCUT2D eigenvalue weighted by atomic mass is 10.1. The SMILES string of the molecule is CC(O)C(=O)O.CC(O)C(=O)O.O=C(CCCCC(=O)OC(=O)c1ccc(C(=O)OC(=O)CCC(=O)OC(=O)c2ccc(C(=O)OC(=O)CCCCC(=O)OC(=O)c3ccc(C(=O)OCCOCCO)cc3)cc2)cc1)OC(=O)c1ccc(C(=O)OCCOCCO)cc1. The molecule has 0 heterocycles. The van der Waals surface area contributed by atoms with Crippen molar-refractivity contribution in [2.24, 2.45) is 0 Å². The Kier molecular flexibility index (Phi) is 37.2. The first-order chi connectivity index (χ1) is 44.6. The van der Waals surface area contributed by atoms with Crippen molar-refractivity contribution in [1.29, 1.82) is 0 Å². The maximum absolute atomic E-state index is 12.5. The maximum atomic E-state index is 12.5. The van der Waals surface area contributed by atoms with Gasteiger partial charge in [0.05, 0.1) is 97.0 Å². The zero-order valence-corrected chi connectivity index (χ0v) is 50.4. The average molecular weight is 1320 g/mol. The highest BCUT2D eigenvalue weighted by Crippen LogP contribution is 2.15. The summed E-state index contributed by atoms with van der Waals surface area (Å²) in [7, 11) is 0. The molecule has 506 valence electrons. The van der Waals surface area contributed by atoms with E-state index >= 15 is 0 Å². The van der Waals surface area contributed by atoms with E-state index in [0.717, 1.165) is 48.5 Å². The standard InChI is InChI=1S/C56H54O26.2C3H6O3/c57-27-29-73-31-33-75-49(65)35-9-13-37(14-10-35)51(67)77-43(59)5-1-3-7-45(61)79-53(69)39-17-21-41(22-18-39)55(71)81-47(63)25-26-48(64)82-56(72)42-23-19-40(20-24-42)54(70)80-46(62)8-4-2-6-44(60)78-52(68)38-15-11-36(12-16-38)50(66)76-34-32-74-30-28-58;2*1-2(4)3(5)6/h9-24,57-58H,1-8,25-34H2;2*2,4H,1H3,(H,5,6). The second-order valence-electron chi connectivity index (χ2n) is 18.8. The summed E-state index contributed by atoms with van der Waals surface area (Å²) in [6, 6.07) is 19.0. The molecule has 4 aromatic carbocycles. The van der Waals surface area contributed by atoms with Crippen LogP contribution in [0.4, 0.5) is 0 Å². The van der Waals surface area contributed by atoms with Crippen molar-refractivity contribution in [3.05, 3.63) is 142 Å². The molecule has 0 aromatic heterocycles. The zero-order valence-electron chi connectivity index (χ0n) is 50.4. The van der Waals surface area contributed by atoms with Crippen molar-refractivity contribution in [1.82, 2.24) is 0 Å². The number of aliphatic hydroxyl groups excluding tert-OH is 4. The average Bonchev–Trinajstić information content (AvgIpc) is 0.994. The predicted octanol–water partition coefficient (Wildman–Crippen LogP) is 3.02. The topological polar surface area (TPSA) is 487 Å².